The first kappa shape index (κ1) is 12.4. The molecule has 0 fully saturated rings. The Hall–Kier alpha value is -2.10. The summed E-state index contributed by atoms with van der Waals surface area (Å²) in [6.45, 7) is 4.00. The van der Waals surface area contributed by atoms with Gasteiger partial charge in [-0.2, -0.15) is 0 Å². The topological polar surface area (TPSA) is 55.0 Å². The van der Waals surface area contributed by atoms with Gasteiger partial charge in [-0.1, -0.05) is 0 Å². The molecule has 2 N–H and O–H groups in total. The zero-order chi connectivity index (χ0) is 12.8. The van der Waals surface area contributed by atoms with Crippen molar-refractivity contribution in [2.24, 2.45) is 0 Å². The van der Waals surface area contributed by atoms with Crippen molar-refractivity contribution in [2.45, 2.75) is 13.3 Å². The fraction of sp³-hybridized carbons (Fsp3) is 0.286. The molecular formula is C14H18N4. The lowest BCUT2D eigenvalue weighted by atomic mass is 10.2. The summed E-state index contributed by atoms with van der Waals surface area (Å²) in [6.07, 6.45) is 8.11. The van der Waals surface area contributed by atoms with Crippen LogP contribution in [0, 0.1) is 0 Å². The third kappa shape index (κ3) is 2.97. The van der Waals surface area contributed by atoms with Gasteiger partial charge >= 0.3 is 0 Å². The van der Waals surface area contributed by atoms with Gasteiger partial charge in [0.1, 0.15) is 0 Å². The van der Waals surface area contributed by atoms with E-state index in [1.807, 2.05) is 30.6 Å². The van der Waals surface area contributed by atoms with Crippen LogP contribution in [0.4, 0.5) is 11.4 Å². The average Bonchev–Trinajstić information content (AvgIpc) is 2.42. The zero-order valence-electron chi connectivity index (χ0n) is 10.6. The molecule has 2 rings (SSSR count). The van der Waals surface area contributed by atoms with E-state index in [9.17, 15) is 0 Å². The van der Waals surface area contributed by atoms with E-state index in [1.54, 1.807) is 12.4 Å². The molecule has 0 radical (unpaired) electrons. The van der Waals surface area contributed by atoms with Crippen molar-refractivity contribution in [1.29, 1.82) is 0 Å². The lowest BCUT2D eigenvalue weighted by Gasteiger charge is -2.24. The predicted octanol–water partition coefficient (Wildman–Crippen LogP) is 2.13. The molecule has 0 aliphatic heterocycles. The molecular weight excluding hydrogens is 224 g/mol. The SMILES string of the molecule is CCN(CCc1ccncc1)c1ccncc1N. The highest BCUT2D eigenvalue weighted by molar-refractivity contribution is 5.65. The second-order valence-corrected chi connectivity index (χ2v) is 4.12. The first-order valence-corrected chi connectivity index (χ1v) is 6.14. The van der Waals surface area contributed by atoms with Crippen LogP contribution in [0.25, 0.3) is 0 Å². The highest BCUT2D eigenvalue weighted by Gasteiger charge is 2.07. The smallest absolute Gasteiger partial charge is 0.0738 e. The molecule has 0 spiro atoms. The molecule has 0 saturated heterocycles. The number of anilines is 2. The van der Waals surface area contributed by atoms with Gasteiger partial charge < -0.3 is 10.6 Å². The van der Waals surface area contributed by atoms with E-state index in [-0.39, 0.29) is 0 Å². The van der Waals surface area contributed by atoms with Gasteiger partial charge in [0.15, 0.2) is 0 Å². The number of rotatable bonds is 5. The van der Waals surface area contributed by atoms with Gasteiger partial charge in [-0.3, -0.25) is 9.97 Å². The van der Waals surface area contributed by atoms with Gasteiger partial charge in [-0.25, -0.2) is 0 Å². The average molecular weight is 242 g/mol. The van der Waals surface area contributed by atoms with E-state index < -0.39 is 0 Å². The Kier molecular flexibility index (Phi) is 4.12. The maximum absolute atomic E-state index is 5.95. The number of aromatic nitrogens is 2. The van der Waals surface area contributed by atoms with Crippen LogP contribution in [0.1, 0.15) is 12.5 Å². The molecule has 2 aromatic rings. The van der Waals surface area contributed by atoms with Crippen molar-refractivity contribution >= 4 is 11.4 Å². The fourth-order valence-electron chi connectivity index (χ4n) is 1.95. The number of hydrogen-bond acceptors (Lipinski definition) is 4. The Labute approximate surface area is 107 Å². The molecule has 94 valence electrons. The molecule has 0 amide bonds. The van der Waals surface area contributed by atoms with Crippen molar-refractivity contribution < 1.29 is 0 Å². The van der Waals surface area contributed by atoms with E-state index in [2.05, 4.69) is 21.8 Å². The van der Waals surface area contributed by atoms with Gasteiger partial charge in [0.25, 0.3) is 0 Å². The molecule has 0 unspecified atom stereocenters. The van der Waals surface area contributed by atoms with Crippen LogP contribution in [0.2, 0.25) is 0 Å². The van der Waals surface area contributed by atoms with E-state index in [1.165, 1.54) is 5.56 Å². The Morgan fingerprint density at radius 3 is 2.50 bits per heavy atom. The second kappa shape index (κ2) is 6.00. The third-order valence-electron chi connectivity index (χ3n) is 2.97. The van der Waals surface area contributed by atoms with Crippen LogP contribution in [0.3, 0.4) is 0 Å². The number of nitrogens with two attached hydrogens (primary N) is 1. The molecule has 0 atom stereocenters. The van der Waals surface area contributed by atoms with Gasteiger partial charge in [-0.15, -0.1) is 0 Å². The molecule has 0 aliphatic carbocycles. The summed E-state index contributed by atoms with van der Waals surface area (Å²) in [5.74, 6) is 0. The van der Waals surface area contributed by atoms with Crippen LogP contribution in [0.5, 0.6) is 0 Å². The Morgan fingerprint density at radius 2 is 1.83 bits per heavy atom. The summed E-state index contributed by atoms with van der Waals surface area (Å²) >= 11 is 0. The van der Waals surface area contributed by atoms with E-state index in [4.69, 9.17) is 5.73 Å². The number of nitrogens with zero attached hydrogens (tertiary/aromatic N) is 3. The minimum absolute atomic E-state index is 0.731. The fourth-order valence-corrected chi connectivity index (χ4v) is 1.95. The summed E-state index contributed by atoms with van der Waals surface area (Å²) in [5, 5.41) is 0. The molecule has 0 saturated carbocycles. The van der Waals surface area contributed by atoms with Crippen LogP contribution >= 0.6 is 0 Å². The van der Waals surface area contributed by atoms with Crippen LogP contribution < -0.4 is 10.6 Å². The van der Waals surface area contributed by atoms with Crippen LogP contribution in [-0.2, 0) is 6.42 Å². The predicted molar refractivity (Wildman–Crippen MR) is 74.5 cm³/mol. The highest BCUT2D eigenvalue weighted by Crippen LogP contribution is 2.21. The highest BCUT2D eigenvalue weighted by atomic mass is 15.1. The molecule has 2 heterocycles. The van der Waals surface area contributed by atoms with Crippen molar-refractivity contribution in [3.63, 3.8) is 0 Å². The van der Waals surface area contributed by atoms with Crippen molar-refractivity contribution in [2.75, 3.05) is 23.7 Å². The Bertz CT molecular complexity index is 484. The van der Waals surface area contributed by atoms with E-state index in [0.717, 1.165) is 30.9 Å². The zero-order valence-corrected chi connectivity index (χ0v) is 10.6. The normalized spacial score (nSPS) is 10.3. The van der Waals surface area contributed by atoms with Gasteiger partial charge in [0.05, 0.1) is 17.6 Å². The van der Waals surface area contributed by atoms with E-state index >= 15 is 0 Å². The number of likely N-dealkylation sites (N-methyl/N-ethyl adjacent to an activating group) is 1. The van der Waals surface area contributed by atoms with Crippen LogP contribution in [0.15, 0.2) is 43.0 Å². The molecule has 4 heteroatoms. The number of hydrogen-bond donors (Lipinski definition) is 1. The molecule has 0 bridgehead atoms. The molecule has 18 heavy (non-hydrogen) atoms. The standard InChI is InChI=1S/C14H18N4/c1-2-18(14-5-9-17-11-13(14)15)10-6-12-3-7-16-8-4-12/h3-5,7-9,11H,2,6,10,15H2,1H3. The van der Waals surface area contributed by atoms with Crippen molar-refractivity contribution in [3.05, 3.63) is 48.5 Å². The maximum Gasteiger partial charge on any atom is 0.0738 e. The Morgan fingerprint density at radius 1 is 1.11 bits per heavy atom. The van der Waals surface area contributed by atoms with Crippen molar-refractivity contribution in [1.82, 2.24) is 9.97 Å². The second-order valence-electron chi connectivity index (χ2n) is 4.12. The molecule has 0 aliphatic rings. The monoisotopic (exact) mass is 242 g/mol. The third-order valence-corrected chi connectivity index (χ3v) is 2.97. The molecule has 0 aromatic carbocycles. The van der Waals surface area contributed by atoms with Gasteiger partial charge in [0.2, 0.25) is 0 Å². The summed E-state index contributed by atoms with van der Waals surface area (Å²) < 4.78 is 0. The minimum atomic E-state index is 0.731. The number of nitrogen functional groups attached to an aromatic ring is 1. The van der Waals surface area contributed by atoms with E-state index in [0.29, 0.717) is 0 Å². The maximum atomic E-state index is 5.95. The van der Waals surface area contributed by atoms with Gasteiger partial charge in [0, 0.05) is 31.7 Å². The summed E-state index contributed by atoms with van der Waals surface area (Å²) in [4.78, 5) is 10.3. The summed E-state index contributed by atoms with van der Waals surface area (Å²) in [6, 6.07) is 6.05. The largest absolute Gasteiger partial charge is 0.396 e. The minimum Gasteiger partial charge on any atom is -0.396 e. The quantitative estimate of drug-likeness (QED) is 0.872. The van der Waals surface area contributed by atoms with Crippen LogP contribution in [-0.4, -0.2) is 23.1 Å². The number of pyridine rings is 2. The first-order valence-electron chi connectivity index (χ1n) is 6.14. The van der Waals surface area contributed by atoms with Crippen molar-refractivity contribution in [3.8, 4) is 0 Å². The molecule has 4 nitrogen and oxygen atoms in total. The first-order chi connectivity index (χ1) is 8.81. The summed E-state index contributed by atoms with van der Waals surface area (Å²) in [7, 11) is 0. The summed E-state index contributed by atoms with van der Waals surface area (Å²) in [5.41, 5.74) is 9.03. The lowest BCUT2D eigenvalue weighted by molar-refractivity contribution is 0.808. The molecule has 2 aromatic heterocycles. The Balaban J connectivity index is 2.04. The lowest BCUT2D eigenvalue weighted by Crippen LogP contribution is -2.26. The van der Waals surface area contributed by atoms with Gasteiger partial charge in [-0.05, 0) is 37.1 Å².